The molecule has 2 rings (SSSR count). The number of allylic oxidation sites excluding steroid dienone is 5. The maximum Gasteiger partial charge on any atom is 0.303 e. The smallest absolute Gasteiger partial charge is 0.303 e. The van der Waals surface area contributed by atoms with Crippen LogP contribution in [0.3, 0.4) is 0 Å². The van der Waals surface area contributed by atoms with Crippen LogP contribution in [0, 0.1) is 13.8 Å². The van der Waals surface area contributed by atoms with Crippen LogP contribution in [0.1, 0.15) is 73.1 Å². The molecule has 2 N–H and O–H groups in total. The van der Waals surface area contributed by atoms with Gasteiger partial charge in [-0.1, -0.05) is 50.3 Å². The minimum absolute atomic E-state index is 0.0787. The van der Waals surface area contributed by atoms with Gasteiger partial charge in [0.2, 0.25) is 5.89 Å². The van der Waals surface area contributed by atoms with Crippen molar-refractivity contribution in [3.05, 3.63) is 83.1 Å². The normalized spacial score (nSPS) is 11.7. The molecule has 8 heteroatoms. The summed E-state index contributed by atoms with van der Waals surface area (Å²) >= 11 is 0. The molecule has 0 aliphatic heterocycles. The van der Waals surface area contributed by atoms with Crippen molar-refractivity contribution in [3.63, 3.8) is 0 Å². The predicted molar refractivity (Wildman–Crippen MR) is 154 cm³/mol. The van der Waals surface area contributed by atoms with Gasteiger partial charge < -0.3 is 24.3 Å². The average Bonchev–Trinajstić information content (AvgIpc) is 3.29. The second-order valence-electron chi connectivity index (χ2n) is 9.00. The molecule has 0 aliphatic carbocycles. The lowest BCUT2D eigenvalue weighted by molar-refractivity contribution is -0.137. The van der Waals surface area contributed by atoms with E-state index in [-0.39, 0.29) is 12.3 Å². The third-order valence-electron chi connectivity index (χ3n) is 5.86. The molecule has 1 heterocycles. The van der Waals surface area contributed by atoms with Crippen molar-refractivity contribution in [2.45, 2.75) is 72.3 Å². The average molecular weight is 541 g/mol. The molecule has 0 spiro atoms. The number of carbonyl (C=O) groups is 2. The molecular formula is C31H44N2O6. The van der Waals surface area contributed by atoms with Crippen molar-refractivity contribution in [1.82, 2.24) is 10.3 Å². The molecule has 2 aromatic rings. The Morgan fingerprint density at radius 1 is 1.23 bits per heavy atom. The number of aliphatic carboxylic acids is 1. The van der Waals surface area contributed by atoms with Crippen LogP contribution in [0.25, 0.3) is 0 Å². The number of hydrogen-bond donors (Lipinski definition) is 2. The highest BCUT2D eigenvalue weighted by molar-refractivity contribution is 5.67. The van der Waals surface area contributed by atoms with Crippen LogP contribution in [0.2, 0.25) is 0 Å². The summed E-state index contributed by atoms with van der Waals surface area (Å²) in [5.74, 6) is 1.61. The van der Waals surface area contributed by atoms with Crippen molar-refractivity contribution in [2.75, 3.05) is 20.3 Å². The molecule has 1 aromatic carbocycles. The van der Waals surface area contributed by atoms with Crippen LogP contribution >= 0.6 is 0 Å². The quantitative estimate of drug-likeness (QED) is 0.109. The van der Waals surface area contributed by atoms with Crippen molar-refractivity contribution in [3.8, 4) is 5.75 Å². The Bertz CT molecular complexity index is 1090. The zero-order chi connectivity index (χ0) is 29.0. The van der Waals surface area contributed by atoms with E-state index in [1.807, 2.05) is 64.3 Å². The highest BCUT2D eigenvalue weighted by atomic mass is 16.5. The van der Waals surface area contributed by atoms with E-state index in [4.69, 9.17) is 14.3 Å². The van der Waals surface area contributed by atoms with E-state index in [0.29, 0.717) is 45.0 Å². The lowest BCUT2D eigenvalue weighted by Crippen LogP contribution is -2.12. The Morgan fingerprint density at radius 2 is 2.00 bits per heavy atom. The van der Waals surface area contributed by atoms with E-state index in [9.17, 15) is 9.59 Å². The Balaban J connectivity index is 0.00000113. The molecule has 0 amide bonds. The van der Waals surface area contributed by atoms with E-state index >= 15 is 0 Å². The Hall–Kier alpha value is -3.65. The summed E-state index contributed by atoms with van der Waals surface area (Å²) in [6.45, 7) is 13.8. The van der Waals surface area contributed by atoms with Crippen molar-refractivity contribution in [2.24, 2.45) is 0 Å². The highest BCUT2D eigenvalue weighted by Gasteiger charge is 2.15. The number of carboxylic acids is 1. The van der Waals surface area contributed by atoms with E-state index in [1.54, 1.807) is 0 Å². The van der Waals surface area contributed by atoms with E-state index in [2.05, 4.69) is 34.6 Å². The fourth-order valence-electron chi connectivity index (χ4n) is 3.69. The lowest BCUT2D eigenvalue weighted by atomic mass is 9.98. The molecule has 0 saturated carbocycles. The van der Waals surface area contributed by atoms with E-state index in [0.717, 1.165) is 46.7 Å². The zero-order valence-electron chi connectivity index (χ0n) is 24.0. The summed E-state index contributed by atoms with van der Waals surface area (Å²) in [5.41, 5.74) is 4.07. The first-order valence-corrected chi connectivity index (χ1v) is 13.3. The van der Waals surface area contributed by atoms with E-state index in [1.165, 1.54) is 0 Å². The predicted octanol–water partition coefficient (Wildman–Crippen LogP) is 6.01. The number of carboxylic acid groups (broad SMARTS) is 1. The number of nitrogens with one attached hydrogen (secondary N) is 1. The van der Waals surface area contributed by atoms with Crippen LogP contribution in [0.15, 0.2) is 53.5 Å². The number of aromatic nitrogens is 1. The summed E-state index contributed by atoms with van der Waals surface area (Å²) in [6, 6.07) is 3.90. The maximum atomic E-state index is 10.9. The largest absolute Gasteiger partial charge is 0.493 e. The first-order valence-electron chi connectivity index (χ1n) is 13.3. The number of aryl methyl sites for hydroxylation is 2. The summed E-state index contributed by atoms with van der Waals surface area (Å²) in [6.07, 6.45) is 13.0. The number of benzene rings is 1. The van der Waals surface area contributed by atoms with Gasteiger partial charge in [0.05, 0.1) is 24.8 Å². The van der Waals surface area contributed by atoms with Gasteiger partial charge in [0, 0.05) is 24.9 Å². The third-order valence-corrected chi connectivity index (χ3v) is 5.86. The Kier molecular flexibility index (Phi) is 16.6. The topological polar surface area (TPSA) is 111 Å². The minimum Gasteiger partial charge on any atom is -0.493 e. The van der Waals surface area contributed by atoms with Gasteiger partial charge in [0.1, 0.15) is 11.5 Å². The van der Waals surface area contributed by atoms with Gasteiger partial charge in [-0.15, -0.1) is 6.58 Å². The van der Waals surface area contributed by atoms with Gasteiger partial charge in [-0.3, -0.25) is 9.59 Å². The highest BCUT2D eigenvalue weighted by Crippen LogP contribution is 2.27. The number of ether oxygens (including phenoxy) is 2. The SMILES string of the molecule is C=CC/C=C\C=C/C(C)c1nc(CCOc2ccc(CCC(=O)O)c(C)c2CNC)c(C)o1.CCCOC=O. The van der Waals surface area contributed by atoms with Crippen LogP contribution in [0.4, 0.5) is 0 Å². The Labute approximate surface area is 232 Å². The molecule has 214 valence electrons. The van der Waals surface area contributed by atoms with Gasteiger partial charge in [0.15, 0.2) is 0 Å². The molecule has 0 fully saturated rings. The van der Waals surface area contributed by atoms with Crippen LogP contribution < -0.4 is 10.1 Å². The Morgan fingerprint density at radius 3 is 2.62 bits per heavy atom. The number of rotatable bonds is 17. The fourth-order valence-corrected chi connectivity index (χ4v) is 3.69. The van der Waals surface area contributed by atoms with Gasteiger partial charge in [-0.05, 0) is 57.4 Å². The summed E-state index contributed by atoms with van der Waals surface area (Å²) in [7, 11) is 1.89. The van der Waals surface area contributed by atoms with Crippen LogP contribution in [0.5, 0.6) is 5.75 Å². The van der Waals surface area contributed by atoms with E-state index < -0.39 is 5.97 Å². The van der Waals surface area contributed by atoms with Crippen molar-refractivity contribution in [1.29, 1.82) is 0 Å². The summed E-state index contributed by atoms with van der Waals surface area (Å²) < 4.78 is 16.3. The third kappa shape index (κ3) is 12.6. The molecule has 39 heavy (non-hydrogen) atoms. The van der Waals surface area contributed by atoms with Gasteiger partial charge in [-0.2, -0.15) is 0 Å². The number of nitrogens with zero attached hydrogens (tertiary/aromatic N) is 1. The molecule has 0 aliphatic rings. The molecule has 0 radical (unpaired) electrons. The monoisotopic (exact) mass is 540 g/mol. The molecule has 8 nitrogen and oxygen atoms in total. The van der Waals surface area contributed by atoms with Gasteiger partial charge in [0.25, 0.3) is 6.47 Å². The van der Waals surface area contributed by atoms with Crippen LogP contribution in [-0.2, 0) is 33.7 Å². The standard InChI is InChI=1S/C27H36N2O4.C4H8O2/c1-6-7-8-9-10-11-19(2)27-29-24(21(4)33-27)16-17-32-25-14-12-22(13-15-26(30)31)20(3)23(25)18-28-5;1-2-3-6-4-5/h6,8-12,14,19,28H,1,7,13,15-18H2,2-5H3,(H,30,31);4H,2-3H2,1H3/b9-8-,11-10-;. The molecule has 1 atom stereocenters. The number of hydrogen-bond acceptors (Lipinski definition) is 7. The first kappa shape index (κ1) is 33.4. The first-order chi connectivity index (χ1) is 18.8. The minimum atomic E-state index is -0.791. The lowest BCUT2D eigenvalue weighted by Gasteiger charge is -2.16. The number of carbonyl (C=O) groups excluding carboxylic acids is 1. The second kappa shape index (κ2) is 19.4. The fraction of sp³-hybridized carbons (Fsp3) is 0.452. The summed E-state index contributed by atoms with van der Waals surface area (Å²) in [4.78, 5) is 25.0. The molecule has 0 bridgehead atoms. The van der Waals surface area contributed by atoms with Crippen molar-refractivity contribution >= 4 is 12.4 Å². The number of oxazole rings is 1. The second-order valence-corrected chi connectivity index (χ2v) is 9.00. The van der Waals surface area contributed by atoms with Crippen molar-refractivity contribution < 1.29 is 28.6 Å². The summed E-state index contributed by atoms with van der Waals surface area (Å²) in [5, 5.41) is 12.2. The maximum absolute atomic E-state index is 10.9. The molecular weight excluding hydrogens is 496 g/mol. The van der Waals surface area contributed by atoms with Gasteiger partial charge >= 0.3 is 5.97 Å². The molecule has 1 aromatic heterocycles. The van der Waals surface area contributed by atoms with Crippen LogP contribution in [-0.4, -0.2) is 42.8 Å². The molecule has 0 saturated heterocycles. The zero-order valence-corrected chi connectivity index (χ0v) is 24.0. The van der Waals surface area contributed by atoms with Gasteiger partial charge in [-0.25, -0.2) is 4.98 Å². The molecule has 1 unspecified atom stereocenters.